The average Bonchev–Trinajstić information content (AvgIpc) is 0.914. The SMILES string of the molecule is CCCCCCCCCCCCCCCCCCCCCCC(=O)O[C@H](COC(=O)CCCCCCCCCCCCCCCCCCCCC)COP(=O)(O)OC[C@@H](O)COP(=O)(O)OC[C@@H](COC(=O)CCCCCCCCCCCC)OC(=O)CCCCCCCCCCCCCCCCC. The van der Waals surface area contributed by atoms with E-state index in [1.54, 1.807) is 0 Å². The fourth-order valence-electron chi connectivity index (χ4n) is 13.3. The summed E-state index contributed by atoms with van der Waals surface area (Å²) in [5.41, 5.74) is 0. The second-order valence-electron chi connectivity index (χ2n) is 30.6. The van der Waals surface area contributed by atoms with Gasteiger partial charge in [0, 0.05) is 25.7 Å². The van der Waals surface area contributed by atoms with Crippen LogP contribution in [-0.2, 0) is 65.4 Å². The fourth-order valence-corrected chi connectivity index (χ4v) is 14.9. The number of hydrogen-bond donors (Lipinski definition) is 3. The molecule has 17 nitrogen and oxygen atoms in total. The molecular formula is C85H166O17P2. The molecule has 0 spiro atoms. The van der Waals surface area contributed by atoms with Crippen LogP contribution in [0.2, 0.25) is 0 Å². The maximum Gasteiger partial charge on any atom is 0.472 e. The number of esters is 4. The van der Waals surface area contributed by atoms with Gasteiger partial charge in [0.1, 0.15) is 19.3 Å². The van der Waals surface area contributed by atoms with E-state index in [2.05, 4.69) is 27.7 Å². The van der Waals surface area contributed by atoms with Gasteiger partial charge in [-0.15, -0.1) is 0 Å². The van der Waals surface area contributed by atoms with E-state index in [-0.39, 0.29) is 25.7 Å². The van der Waals surface area contributed by atoms with Crippen molar-refractivity contribution in [3.63, 3.8) is 0 Å². The molecule has 0 heterocycles. The monoisotopic (exact) mass is 1520 g/mol. The normalized spacial score (nSPS) is 13.7. The number of aliphatic hydroxyl groups excluding tert-OH is 1. The lowest BCUT2D eigenvalue weighted by Gasteiger charge is -2.21. The highest BCUT2D eigenvalue weighted by Crippen LogP contribution is 2.45. The van der Waals surface area contributed by atoms with E-state index >= 15 is 0 Å². The van der Waals surface area contributed by atoms with Gasteiger partial charge >= 0.3 is 39.5 Å². The third-order valence-corrected chi connectivity index (χ3v) is 22.0. The Hall–Kier alpha value is -1.94. The lowest BCUT2D eigenvalue weighted by molar-refractivity contribution is -0.161. The molecule has 19 heteroatoms. The Morgan fingerprint density at radius 1 is 0.231 bits per heavy atom. The molecule has 5 atom stereocenters. The van der Waals surface area contributed by atoms with Crippen molar-refractivity contribution in [1.82, 2.24) is 0 Å². The zero-order valence-electron chi connectivity index (χ0n) is 68.0. The first kappa shape index (κ1) is 102. The van der Waals surface area contributed by atoms with Gasteiger partial charge in [-0.25, -0.2) is 9.13 Å². The van der Waals surface area contributed by atoms with E-state index in [1.807, 2.05) is 0 Å². The van der Waals surface area contributed by atoms with Gasteiger partial charge in [0.15, 0.2) is 12.2 Å². The first-order valence-electron chi connectivity index (χ1n) is 44.3. The van der Waals surface area contributed by atoms with Gasteiger partial charge in [0.2, 0.25) is 0 Å². The zero-order valence-corrected chi connectivity index (χ0v) is 69.8. The molecule has 0 rings (SSSR count). The summed E-state index contributed by atoms with van der Waals surface area (Å²) in [5, 5.41) is 10.7. The Balaban J connectivity index is 5.22. The number of aliphatic hydroxyl groups is 1. The maximum absolute atomic E-state index is 13.1. The van der Waals surface area contributed by atoms with Gasteiger partial charge in [-0.05, 0) is 25.7 Å². The Morgan fingerprint density at radius 2 is 0.385 bits per heavy atom. The summed E-state index contributed by atoms with van der Waals surface area (Å²) in [5.74, 6) is -2.10. The molecule has 0 bridgehead atoms. The summed E-state index contributed by atoms with van der Waals surface area (Å²) in [7, 11) is -9.92. The molecule has 0 radical (unpaired) electrons. The van der Waals surface area contributed by atoms with Crippen molar-refractivity contribution < 1.29 is 80.2 Å². The summed E-state index contributed by atoms with van der Waals surface area (Å²) in [4.78, 5) is 73.2. The quantitative estimate of drug-likeness (QED) is 0.0222. The van der Waals surface area contributed by atoms with Crippen LogP contribution in [0.5, 0.6) is 0 Å². The van der Waals surface area contributed by atoms with Crippen LogP contribution < -0.4 is 0 Å². The van der Waals surface area contributed by atoms with Crippen LogP contribution in [-0.4, -0.2) is 96.7 Å². The van der Waals surface area contributed by atoms with Crippen LogP contribution in [0.25, 0.3) is 0 Å². The van der Waals surface area contributed by atoms with Crippen LogP contribution in [0, 0.1) is 0 Å². The van der Waals surface area contributed by atoms with Crippen molar-refractivity contribution in [3.8, 4) is 0 Å². The van der Waals surface area contributed by atoms with Gasteiger partial charge in [-0.3, -0.25) is 37.3 Å². The van der Waals surface area contributed by atoms with E-state index in [0.717, 1.165) is 89.9 Å². The molecule has 0 aromatic carbocycles. The van der Waals surface area contributed by atoms with Gasteiger partial charge in [0.25, 0.3) is 0 Å². The topological polar surface area (TPSA) is 237 Å². The number of ether oxygens (including phenoxy) is 4. The molecular weight excluding hydrogens is 1350 g/mol. The zero-order chi connectivity index (χ0) is 76.0. The van der Waals surface area contributed by atoms with Gasteiger partial charge in [-0.1, -0.05) is 413 Å². The molecule has 3 N–H and O–H groups in total. The highest BCUT2D eigenvalue weighted by Gasteiger charge is 2.30. The van der Waals surface area contributed by atoms with E-state index < -0.39 is 97.5 Å². The minimum atomic E-state index is -4.96. The van der Waals surface area contributed by atoms with Gasteiger partial charge < -0.3 is 33.8 Å². The number of unbranched alkanes of at least 4 members (excludes halogenated alkanes) is 60. The van der Waals surface area contributed by atoms with Crippen molar-refractivity contribution in [2.45, 2.75) is 483 Å². The lowest BCUT2D eigenvalue weighted by Crippen LogP contribution is -2.30. The number of phosphoric acid groups is 2. The first-order valence-corrected chi connectivity index (χ1v) is 47.3. The molecule has 0 aliphatic rings. The lowest BCUT2D eigenvalue weighted by atomic mass is 10.0. The fraction of sp³-hybridized carbons (Fsp3) is 0.953. The van der Waals surface area contributed by atoms with Gasteiger partial charge in [-0.2, -0.15) is 0 Å². The third-order valence-electron chi connectivity index (χ3n) is 20.1. The second kappa shape index (κ2) is 79.2. The molecule has 0 aliphatic heterocycles. The van der Waals surface area contributed by atoms with Gasteiger partial charge in [0.05, 0.1) is 26.4 Å². The van der Waals surface area contributed by atoms with Crippen LogP contribution in [0.3, 0.4) is 0 Å². The Morgan fingerprint density at radius 3 is 0.567 bits per heavy atom. The first-order chi connectivity index (χ1) is 50.7. The highest BCUT2D eigenvalue weighted by molar-refractivity contribution is 7.47. The summed E-state index contributed by atoms with van der Waals surface area (Å²) < 4.78 is 68.8. The molecule has 0 aromatic rings. The van der Waals surface area contributed by atoms with E-state index in [9.17, 15) is 43.2 Å². The van der Waals surface area contributed by atoms with E-state index in [1.165, 1.54) is 295 Å². The Labute approximate surface area is 638 Å². The summed E-state index contributed by atoms with van der Waals surface area (Å²) >= 11 is 0. The minimum Gasteiger partial charge on any atom is -0.462 e. The highest BCUT2D eigenvalue weighted by atomic mass is 31.2. The molecule has 0 fully saturated rings. The van der Waals surface area contributed by atoms with Crippen LogP contribution in [0.4, 0.5) is 0 Å². The van der Waals surface area contributed by atoms with Crippen LogP contribution in [0.15, 0.2) is 0 Å². The predicted molar refractivity (Wildman–Crippen MR) is 428 cm³/mol. The van der Waals surface area contributed by atoms with E-state index in [4.69, 9.17) is 37.0 Å². The standard InChI is InChI=1S/C85H166O17P2/c1-5-9-13-17-21-25-29-32-35-37-39-41-43-46-49-52-56-60-64-68-72-85(90)102-81(76-96-83(88)70-66-62-58-54-50-47-45-42-40-38-36-33-30-26-22-18-14-10-6-2)78-100-104(93,94)98-74-79(86)73-97-103(91,92)99-77-80(75-95-82(87)69-65-61-57-53-28-24-20-16-12-8-4)101-84(89)71-67-63-59-55-51-48-44-34-31-27-23-19-15-11-7-3/h79-81,86H,5-78H2,1-4H3,(H,91,92)(H,93,94)/t79-,80+,81+/m0/s1. The molecule has 2 unspecified atom stereocenters. The van der Waals surface area contributed by atoms with Crippen molar-refractivity contribution >= 4 is 39.5 Å². The smallest absolute Gasteiger partial charge is 0.462 e. The molecule has 0 aliphatic carbocycles. The van der Waals surface area contributed by atoms with Crippen LogP contribution in [0.1, 0.15) is 464 Å². The molecule has 104 heavy (non-hydrogen) atoms. The van der Waals surface area contributed by atoms with E-state index in [0.29, 0.717) is 25.7 Å². The predicted octanol–water partition coefficient (Wildman–Crippen LogP) is 26.1. The van der Waals surface area contributed by atoms with Crippen molar-refractivity contribution in [2.24, 2.45) is 0 Å². The second-order valence-corrected chi connectivity index (χ2v) is 33.5. The Kier molecular flexibility index (Phi) is 77.7. The molecule has 0 saturated carbocycles. The summed E-state index contributed by atoms with van der Waals surface area (Å²) in [6, 6.07) is 0. The number of rotatable bonds is 86. The largest absolute Gasteiger partial charge is 0.472 e. The molecule has 618 valence electrons. The Bertz CT molecular complexity index is 1960. The van der Waals surface area contributed by atoms with Crippen molar-refractivity contribution in [2.75, 3.05) is 39.6 Å². The summed E-state index contributed by atoms with van der Waals surface area (Å²) in [6.45, 7) is 5.05. The van der Waals surface area contributed by atoms with Crippen LogP contribution >= 0.6 is 15.6 Å². The van der Waals surface area contributed by atoms with Crippen molar-refractivity contribution in [3.05, 3.63) is 0 Å². The average molecular weight is 1520 g/mol. The minimum absolute atomic E-state index is 0.109. The summed E-state index contributed by atoms with van der Waals surface area (Å²) in [6.07, 6.45) is 73.6. The number of hydrogen-bond acceptors (Lipinski definition) is 15. The number of carbonyl (C=O) groups excluding carboxylic acids is 4. The molecule has 0 amide bonds. The number of phosphoric ester groups is 2. The third kappa shape index (κ3) is 78.2. The number of carbonyl (C=O) groups is 4. The molecule has 0 aromatic heterocycles. The molecule has 0 saturated heterocycles. The van der Waals surface area contributed by atoms with Crippen molar-refractivity contribution in [1.29, 1.82) is 0 Å². The maximum atomic E-state index is 13.1.